The molecule has 2 aromatic rings. The number of carbonyl (C=O) groups is 1. The van der Waals surface area contributed by atoms with Crippen LogP contribution in [0.1, 0.15) is 50.8 Å². The summed E-state index contributed by atoms with van der Waals surface area (Å²) in [7, 11) is 0. The van der Waals surface area contributed by atoms with Crippen LogP contribution in [0.2, 0.25) is 5.02 Å². The maximum Gasteiger partial charge on any atom is 0.223 e. The number of hydrogen-bond donors (Lipinski definition) is 1. The van der Waals surface area contributed by atoms with Crippen LogP contribution in [0.3, 0.4) is 0 Å². The van der Waals surface area contributed by atoms with Crippen molar-refractivity contribution in [1.82, 2.24) is 10.2 Å². The predicted molar refractivity (Wildman–Crippen MR) is 125 cm³/mol. The van der Waals surface area contributed by atoms with Crippen molar-refractivity contribution in [2.24, 2.45) is 5.92 Å². The van der Waals surface area contributed by atoms with E-state index in [1.807, 2.05) is 57.2 Å². The zero-order valence-corrected chi connectivity index (χ0v) is 19.5. The largest absolute Gasteiger partial charge is 0.490 e. The van der Waals surface area contributed by atoms with Crippen LogP contribution in [-0.2, 0) is 11.3 Å². The molecule has 0 spiro atoms. The van der Waals surface area contributed by atoms with Crippen molar-refractivity contribution in [3.63, 3.8) is 0 Å². The minimum Gasteiger partial charge on any atom is -0.490 e. The molecule has 1 N–H and O–H groups in total. The molecule has 5 nitrogen and oxygen atoms in total. The van der Waals surface area contributed by atoms with E-state index in [1.54, 1.807) is 0 Å². The standard InChI is InChI=1S/C25H33ClN2O3/c1-4-30-23-10-9-21(16-24(23)31-5-2)18(3)27-25(29)20-11-13-28(14-12-20)17-19-7-6-8-22(26)15-19/h6-10,15-16,18,20H,4-5,11-14,17H2,1-3H3,(H,27,29)/t18-/m1/s1. The molecule has 0 saturated carbocycles. The van der Waals surface area contributed by atoms with Crippen LogP contribution in [-0.4, -0.2) is 37.1 Å². The molecule has 0 bridgehead atoms. The average molecular weight is 445 g/mol. The fraction of sp³-hybridized carbons (Fsp3) is 0.480. The predicted octanol–water partition coefficient (Wildman–Crippen LogP) is 5.23. The van der Waals surface area contributed by atoms with Gasteiger partial charge in [0.05, 0.1) is 19.3 Å². The first-order valence-corrected chi connectivity index (χ1v) is 11.5. The minimum absolute atomic E-state index is 0.0483. The quantitative estimate of drug-likeness (QED) is 0.575. The lowest BCUT2D eigenvalue weighted by Crippen LogP contribution is -2.40. The second-order valence-electron chi connectivity index (χ2n) is 7.98. The van der Waals surface area contributed by atoms with Crippen LogP contribution < -0.4 is 14.8 Å². The number of nitrogens with zero attached hydrogens (tertiary/aromatic N) is 1. The Hall–Kier alpha value is -2.24. The Morgan fingerprint density at radius 2 is 1.81 bits per heavy atom. The van der Waals surface area contributed by atoms with Gasteiger partial charge in [-0.3, -0.25) is 9.69 Å². The highest BCUT2D eigenvalue weighted by molar-refractivity contribution is 6.30. The zero-order valence-electron chi connectivity index (χ0n) is 18.7. The number of nitrogens with one attached hydrogen (secondary N) is 1. The molecule has 1 atom stereocenters. The van der Waals surface area contributed by atoms with Crippen LogP contribution in [0.15, 0.2) is 42.5 Å². The van der Waals surface area contributed by atoms with E-state index >= 15 is 0 Å². The number of hydrogen-bond acceptors (Lipinski definition) is 4. The Labute approximate surface area is 190 Å². The van der Waals surface area contributed by atoms with Gasteiger partial charge >= 0.3 is 0 Å². The van der Waals surface area contributed by atoms with Crippen molar-refractivity contribution in [3.05, 3.63) is 58.6 Å². The van der Waals surface area contributed by atoms with Gasteiger partial charge in [0.15, 0.2) is 11.5 Å². The second-order valence-corrected chi connectivity index (χ2v) is 8.42. The first kappa shape index (κ1) is 23.4. The van der Waals surface area contributed by atoms with Gasteiger partial charge in [0, 0.05) is 17.5 Å². The number of ether oxygens (including phenoxy) is 2. The molecular weight excluding hydrogens is 412 g/mol. The summed E-state index contributed by atoms with van der Waals surface area (Å²) in [5, 5.41) is 3.95. The molecule has 6 heteroatoms. The first-order chi connectivity index (χ1) is 15.0. The van der Waals surface area contributed by atoms with Gasteiger partial charge in [-0.1, -0.05) is 29.8 Å². The van der Waals surface area contributed by atoms with Crippen molar-refractivity contribution in [2.75, 3.05) is 26.3 Å². The summed E-state index contributed by atoms with van der Waals surface area (Å²) in [5.74, 6) is 1.63. The monoisotopic (exact) mass is 444 g/mol. The van der Waals surface area contributed by atoms with Crippen molar-refractivity contribution in [3.8, 4) is 11.5 Å². The maximum atomic E-state index is 12.9. The third kappa shape index (κ3) is 6.62. The molecule has 3 rings (SSSR count). The number of piperidine rings is 1. The average Bonchev–Trinajstić information content (AvgIpc) is 2.75. The smallest absolute Gasteiger partial charge is 0.223 e. The number of benzene rings is 2. The third-order valence-corrected chi connectivity index (χ3v) is 5.91. The zero-order chi connectivity index (χ0) is 22.2. The molecule has 1 aliphatic rings. The summed E-state index contributed by atoms with van der Waals surface area (Å²) < 4.78 is 11.4. The van der Waals surface area contributed by atoms with E-state index in [2.05, 4.69) is 16.3 Å². The second kappa shape index (κ2) is 11.4. The summed E-state index contributed by atoms with van der Waals surface area (Å²) in [6.45, 7) is 9.77. The van der Waals surface area contributed by atoms with Gasteiger partial charge in [0.2, 0.25) is 5.91 Å². The van der Waals surface area contributed by atoms with Gasteiger partial charge in [-0.15, -0.1) is 0 Å². The SMILES string of the molecule is CCOc1ccc([C@@H](C)NC(=O)C2CCN(Cc3cccc(Cl)c3)CC2)cc1OCC. The number of carbonyl (C=O) groups excluding carboxylic acids is 1. The highest BCUT2D eigenvalue weighted by Crippen LogP contribution is 2.31. The molecule has 31 heavy (non-hydrogen) atoms. The highest BCUT2D eigenvalue weighted by atomic mass is 35.5. The molecule has 1 fully saturated rings. The molecule has 0 aromatic heterocycles. The van der Waals surface area contributed by atoms with Crippen molar-refractivity contribution in [1.29, 1.82) is 0 Å². The Kier molecular flexibility index (Phi) is 8.61. The Morgan fingerprint density at radius 1 is 1.10 bits per heavy atom. The Balaban J connectivity index is 1.53. The van der Waals surface area contributed by atoms with E-state index in [9.17, 15) is 4.79 Å². The van der Waals surface area contributed by atoms with Gasteiger partial charge in [-0.2, -0.15) is 0 Å². The number of amides is 1. The molecule has 1 amide bonds. The van der Waals surface area contributed by atoms with Crippen LogP contribution in [0.4, 0.5) is 0 Å². The van der Waals surface area contributed by atoms with Crippen molar-refractivity contribution in [2.45, 2.75) is 46.2 Å². The van der Waals surface area contributed by atoms with E-state index in [0.29, 0.717) is 13.2 Å². The normalized spacial score (nSPS) is 16.0. The molecular formula is C25H33ClN2O3. The number of rotatable bonds is 9. The van der Waals surface area contributed by atoms with Crippen molar-refractivity contribution >= 4 is 17.5 Å². The Morgan fingerprint density at radius 3 is 2.48 bits per heavy atom. The fourth-order valence-electron chi connectivity index (χ4n) is 4.00. The van der Waals surface area contributed by atoms with Gasteiger partial charge < -0.3 is 14.8 Å². The molecule has 0 aliphatic carbocycles. The molecule has 168 valence electrons. The lowest BCUT2D eigenvalue weighted by atomic mass is 9.94. The summed E-state index contributed by atoms with van der Waals surface area (Å²) in [4.78, 5) is 15.3. The maximum absolute atomic E-state index is 12.9. The van der Waals surface area contributed by atoms with Crippen LogP contribution in [0.25, 0.3) is 0 Å². The molecule has 0 radical (unpaired) electrons. The lowest BCUT2D eigenvalue weighted by Gasteiger charge is -2.32. The molecule has 1 saturated heterocycles. The third-order valence-electron chi connectivity index (χ3n) is 5.68. The van der Waals surface area contributed by atoms with E-state index in [4.69, 9.17) is 21.1 Å². The first-order valence-electron chi connectivity index (χ1n) is 11.2. The van der Waals surface area contributed by atoms with E-state index in [1.165, 1.54) is 5.56 Å². The van der Waals surface area contributed by atoms with Gasteiger partial charge in [0.1, 0.15) is 0 Å². The van der Waals surface area contributed by atoms with Crippen molar-refractivity contribution < 1.29 is 14.3 Å². The van der Waals surface area contributed by atoms with Crippen LogP contribution in [0.5, 0.6) is 11.5 Å². The lowest BCUT2D eigenvalue weighted by molar-refractivity contribution is -0.127. The van der Waals surface area contributed by atoms with E-state index < -0.39 is 0 Å². The molecule has 2 aromatic carbocycles. The summed E-state index contributed by atoms with van der Waals surface area (Å²) in [6, 6.07) is 13.8. The van der Waals surface area contributed by atoms with Crippen LogP contribution in [0, 0.1) is 5.92 Å². The molecule has 1 aliphatic heterocycles. The summed E-state index contributed by atoms with van der Waals surface area (Å²) in [5.41, 5.74) is 2.23. The summed E-state index contributed by atoms with van der Waals surface area (Å²) in [6.07, 6.45) is 1.74. The highest BCUT2D eigenvalue weighted by Gasteiger charge is 2.26. The van der Waals surface area contributed by atoms with Gasteiger partial charge in [-0.25, -0.2) is 0 Å². The van der Waals surface area contributed by atoms with E-state index in [-0.39, 0.29) is 17.9 Å². The topological polar surface area (TPSA) is 50.8 Å². The van der Waals surface area contributed by atoms with Crippen LogP contribution >= 0.6 is 11.6 Å². The van der Waals surface area contributed by atoms with Gasteiger partial charge in [-0.05, 0) is 82.1 Å². The number of likely N-dealkylation sites (tertiary alicyclic amines) is 1. The minimum atomic E-state index is -0.0909. The molecule has 1 heterocycles. The molecule has 0 unspecified atom stereocenters. The Bertz CT molecular complexity index is 866. The van der Waals surface area contributed by atoms with E-state index in [0.717, 1.165) is 54.6 Å². The van der Waals surface area contributed by atoms with Gasteiger partial charge in [0.25, 0.3) is 0 Å². The summed E-state index contributed by atoms with van der Waals surface area (Å²) >= 11 is 6.09. The number of halogens is 1. The fourth-order valence-corrected chi connectivity index (χ4v) is 4.21.